The van der Waals surface area contributed by atoms with Gasteiger partial charge in [-0.2, -0.15) is 0 Å². The van der Waals surface area contributed by atoms with E-state index in [1.165, 1.54) is 11.3 Å². The van der Waals surface area contributed by atoms with Crippen molar-refractivity contribution in [3.63, 3.8) is 0 Å². The first-order chi connectivity index (χ1) is 9.87. The maximum atomic E-state index is 12.3. The van der Waals surface area contributed by atoms with Crippen molar-refractivity contribution >= 4 is 22.4 Å². The zero-order chi connectivity index (χ0) is 15.5. The molecule has 0 aliphatic rings. The summed E-state index contributed by atoms with van der Waals surface area (Å²) in [5.74, 6) is -0.161. The Morgan fingerprint density at radius 3 is 2.57 bits per heavy atom. The summed E-state index contributed by atoms with van der Waals surface area (Å²) in [5.41, 5.74) is 7.35. The van der Waals surface area contributed by atoms with Gasteiger partial charge in [0, 0.05) is 6.54 Å². The topological polar surface area (TPSA) is 68.0 Å². The number of nitrogen functional groups attached to an aromatic ring is 1. The summed E-state index contributed by atoms with van der Waals surface area (Å²) in [6.07, 6.45) is 0.916. The van der Waals surface area contributed by atoms with Crippen LogP contribution in [0, 0.1) is 5.41 Å². The zero-order valence-corrected chi connectivity index (χ0v) is 13.5. The Hall–Kier alpha value is -1.88. The minimum absolute atomic E-state index is 0.161. The third-order valence-electron chi connectivity index (χ3n) is 3.06. The van der Waals surface area contributed by atoms with Crippen molar-refractivity contribution in [2.45, 2.75) is 27.2 Å². The van der Waals surface area contributed by atoms with Crippen LogP contribution in [-0.2, 0) is 0 Å². The summed E-state index contributed by atoms with van der Waals surface area (Å²) in [6, 6.07) is 9.73. The van der Waals surface area contributed by atoms with Gasteiger partial charge < -0.3 is 11.1 Å². The summed E-state index contributed by atoms with van der Waals surface area (Å²) in [4.78, 5) is 17.3. The maximum absolute atomic E-state index is 12.3. The van der Waals surface area contributed by atoms with Gasteiger partial charge >= 0.3 is 0 Å². The molecule has 2 rings (SSSR count). The van der Waals surface area contributed by atoms with Gasteiger partial charge in [-0.25, -0.2) is 4.98 Å². The Labute approximate surface area is 129 Å². The number of carbonyl (C=O) groups excluding carboxylic acids is 1. The number of carbonyl (C=O) groups is 1. The molecule has 0 atom stereocenters. The molecule has 21 heavy (non-hydrogen) atoms. The van der Waals surface area contributed by atoms with Gasteiger partial charge in [0.25, 0.3) is 5.91 Å². The molecule has 0 radical (unpaired) electrons. The van der Waals surface area contributed by atoms with Gasteiger partial charge in [0.15, 0.2) is 5.13 Å². The number of rotatable bonds is 4. The Morgan fingerprint density at radius 2 is 1.95 bits per heavy atom. The third kappa shape index (κ3) is 4.29. The molecule has 1 amide bonds. The molecule has 0 saturated carbocycles. The van der Waals surface area contributed by atoms with Crippen LogP contribution in [0.2, 0.25) is 0 Å². The molecule has 4 nitrogen and oxygen atoms in total. The van der Waals surface area contributed by atoms with Crippen LogP contribution in [0.25, 0.3) is 10.4 Å². The van der Waals surface area contributed by atoms with E-state index in [0.29, 0.717) is 17.4 Å². The molecule has 0 fully saturated rings. The monoisotopic (exact) mass is 303 g/mol. The molecule has 0 aliphatic heterocycles. The van der Waals surface area contributed by atoms with Crippen LogP contribution in [0.3, 0.4) is 0 Å². The molecule has 112 valence electrons. The molecule has 0 spiro atoms. The van der Waals surface area contributed by atoms with Crippen LogP contribution in [0.4, 0.5) is 5.13 Å². The predicted molar refractivity (Wildman–Crippen MR) is 88.4 cm³/mol. The fourth-order valence-electron chi connectivity index (χ4n) is 1.91. The van der Waals surface area contributed by atoms with Crippen molar-refractivity contribution in [2.24, 2.45) is 5.41 Å². The average molecular weight is 303 g/mol. The summed E-state index contributed by atoms with van der Waals surface area (Å²) >= 11 is 1.34. The van der Waals surface area contributed by atoms with Crippen LogP contribution >= 0.6 is 11.3 Å². The highest BCUT2D eigenvalue weighted by atomic mass is 32.1. The summed E-state index contributed by atoms with van der Waals surface area (Å²) < 4.78 is 0. The molecule has 1 aromatic carbocycles. The minimum atomic E-state index is -0.161. The molecule has 0 bridgehead atoms. The number of aromatic nitrogens is 1. The molecule has 2 aromatic rings. The Balaban J connectivity index is 2.15. The molecule has 5 heteroatoms. The van der Waals surface area contributed by atoms with E-state index < -0.39 is 0 Å². The van der Waals surface area contributed by atoms with E-state index in [2.05, 4.69) is 31.1 Å². The number of hydrogen-bond acceptors (Lipinski definition) is 4. The number of nitrogens with two attached hydrogens (primary N) is 1. The Bertz CT molecular complexity index is 614. The fraction of sp³-hybridized carbons (Fsp3) is 0.375. The second-order valence-corrected chi connectivity index (χ2v) is 7.19. The van der Waals surface area contributed by atoms with Gasteiger partial charge in [-0.15, -0.1) is 0 Å². The second kappa shape index (κ2) is 6.26. The number of thiazole rings is 1. The predicted octanol–water partition coefficient (Wildman–Crippen LogP) is 3.56. The number of anilines is 1. The van der Waals surface area contributed by atoms with Crippen molar-refractivity contribution in [3.8, 4) is 10.4 Å². The first kappa shape index (κ1) is 15.5. The van der Waals surface area contributed by atoms with Crippen molar-refractivity contribution in [1.29, 1.82) is 0 Å². The minimum Gasteiger partial charge on any atom is -0.375 e. The standard InChI is InChI=1S/C16H21N3OS/c1-16(2,3)9-10-18-14(20)12-13(21-15(17)19-12)11-7-5-4-6-8-11/h4-8H,9-10H2,1-3H3,(H2,17,19)(H,18,20). The molecule has 0 aliphatic carbocycles. The second-order valence-electron chi connectivity index (χ2n) is 6.16. The Kier molecular flexibility index (Phi) is 4.63. The lowest BCUT2D eigenvalue weighted by atomic mass is 9.92. The van der Waals surface area contributed by atoms with Crippen molar-refractivity contribution in [3.05, 3.63) is 36.0 Å². The highest BCUT2D eigenvalue weighted by molar-refractivity contribution is 7.19. The van der Waals surface area contributed by atoms with Gasteiger partial charge in [-0.05, 0) is 17.4 Å². The van der Waals surface area contributed by atoms with Crippen LogP contribution in [0.1, 0.15) is 37.7 Å². The van der Waals surface area contributed by atoms with Gasteiger partial charge in [-0.3, -0.25) is 4.79 Å². The highest BCUT2D eigenvalue weighted by Crippen LogP contribution is 2.31. The van der Waals surface area contributed by atoms with Crippen molar-refractivity contribution < 1.29 is 4.79 Å². The van der Waals surface area contributed by atoms with Crippen molar-refractivity contribution in [1.82, 2.24) is 10.3 Å². The molecule has 0 saturated heterocycles. The van der Waals surface area contributed by atoms with Gasteiger partial charge in [0.1, 0.15) is 5.69 Å². The fourth-order valence-corrected chi connectivity index (χ4v) is 2.75. The smallest absolute Gasteiger partial charge is 0.271 e. The highest BCUT2D eigenvalue weighted by Gasteiger charge is 2.19. The van der Waals surface area contributed by atoms with E-state index in [1.54, 1.807) is 0 Å². The quantitative estimate of drug-likeness (QED) is 0.907. The van der Waals surface area contributed by atoms with Crippen LogP contribution in [0.15, 0.2) is 30.3 Å². The molecule has 3 N–H and O–H groups in total. The average Bonchev–Trinajstić information content (AvgIpc) is 2.80. The Morgan fingerprint density at radius 1 is 1.29 bits per heavy atom. The van der Waals surface area contributed by atoms with Crippen molar-refractivity contribution in [2.75, 3.05) is 12.3 Å². The third-order valence-corrected chi connectivity index (χ3v) is 3.99. The van der Waals surface area contributed by atoms with Gasteiger partial charge in [-0.1, -0.05) is 62.4 Å². The number of nitrogens with one attached hydrogen (secondary N) is 1. The van der Waals surface area contributed by atoms with E-state index in [9.17, 15) is 4.79 Å². The van der Waals surface area contributed by atoms with E-state index in [1.807, 2.05) is 30.3 Å². The van der Waals surface area contributed by atoms with Gasteiger partial charge in [0.2, 0.25) is 0 Å². The molecule has 0 unspecified atom stereocenters. The number of benzene rings is 1. The van der Waals surface area contributed by atoms with E-state index >= 15 is 0 Å². The molecule has 1 heterocycles. The van der Waals surface area contributed by atoms with E-state index in [4.69, 9.17) is 5.73 Å². The number of hydrogen-bond donors (Lipinski definition) is 2. The summed E-state index contributed by atoms with van der Waals surface area (Å²) in [6.45, 7) is 7.08. The molecular weight excluding hydrogens is 282 g/mol. The number of amides is 1. The van der Waals surface area contributed by atoms with Gasteiger partial charge in [0.05, 0.1) is 4.88 Å². The number of nitrogens with zero attached hydrogens (tertiary/aromatic N) is 1. The summed E-state index contributed by atoms with van der Waals surface area (Å²) in [7, 11) is 0. The maximum Gasteiger partial charge on any atom is 0.271 e. The van der Waals surface area contributed by atoms with Crippen LogP contribution < -0.4 is 11.1 Å². The first-order valence-electron chi connectivity index (χ1n) is 6.97. The lowest BCUT2D eigenvalue weighted by molar-refractivity contribution is 0.0946. The summed E-state index contributed by atoms with van der Waals surface area (Å²) in [5, 5.41) is 3.34. The lowest BCUT2D eigenvalue weighted by Gasteiger charge is -2.17. The SMILES string of the molecule is CC(C)(C)CCNC(=O)c1nc(N)sc1-c1ccccc1. The van der Waals surface area contributed by atoms with E-state index in [0.717, 1.165) is 16.9 Å². The van der Waals surface area contributed by atoms with Crippen LogP contribution in [-0.4, -0.2) is 17.4 Å². The van der Waals surface area contributed by atoms with E-state index in [-0.39, 0.29) is 11.3 Å². The first-order valence-corrected chi connectivity index (χ1v) is 7.78. The lowest BCUT2D eigenvalue weighted by Crippen LogP contribution is -2.27. The largest absolute Gasteiger partial charge is 0.375 e. The normalized spacial score (nSPS) is 11.4. The van der Waals surface area contributed by atoms with Crippen LogP contribution in [0.5, 0.6) is 0 Å². The molecule has 1 aromatic heterocycles. The molecular formula is C16H21N3OS. The zero-order valence-electron chi connectivity index (χ0n) is 12.6.